The van der Waals surface area contributed by atoms with E-state index < -0.39 is 9.84 Å². The predicted molar refractivity (Wildman–Crippen MR) is 67.5 cm³/mol. The highest BCUT2D eigenvalue weighted by molar-refractivity contribution is 7.93. The summed E-state index contributed by atoms with van der Waals surface area (Å²) in [6.45, 7) is 4.23. The number of sulfone groups is 1. The Bertz CT molecular complexity index is 377. The van der Waals surface area contributed by atoms with Crippen LogP contribution in [0.1, 0.15) is 52.4 Å². The van der Waals surface area contributed by atoms with Crippen molar-refractivity contribution in [2.75, 3.05) is 0 Å². The SMILES string of the molecule is CC(C)CCC(=O)C1CC2CCC(C1)S2(=O)=O. The van der Waals surface area contributed by atoms with E-state index in [0.29, 0.717) is 31.0 Å². The summed E-state index contributed by atoms with van der Waals surface area (Å²) in [7, 11) is -2.88. The van der Waals surface area contributed by atoms with E-state index in [9.17, 15) is 13.2 Å². The van der Waals surface area contributed by atoms with E-state index >= 15 is 0 Å². The highest BCUT2D eigenvalue weighted by Gasteiger charge is 2.48. The highest BCUT2D eigenvalue weighted by atomic mass is 32.2. The molecule has 2 aliphatic heterocycles. The number of rotatable bonds is 4. The van der Waals surface area contributed by atoms with E-state index in [1.807, 2.05) is 0 Å². The molecular weight excluding hydrogens is 236 g/mol. The molecule has 2 aliphatic rings. The van der Waals surface area contributed by atoms with Crippen molar-refractivity contribution < 1.29 is 13.2 Å². The van der Waals surface area contributed by atoms with Crippen LogP contribution in [0.5, 0.6) is 0 Å². The molecule has 0 spiro atoms. The van der Waals surface area contributed by atoms with Crippen molar-refractivity contribution >= 4 is 15.6 Å². The Balaban J connectivity index is 1.96. The van der Waals surface area contributed by atoms with Gasteiger partial charge in [-0.25, -0.2) is 8.42 Å². The maximum atomic E-state index is 12.0. The van der Waals surface area contributed by atoms with Gasteiger partial charge in [0.05, 0.1) is 10.5 Å². The van der Waals surface area contributed by atoms with Crippen molar-refractivity contribution in [2.45, 2.75) is 62.9 Å². The minimum absolute atomic E-state index is 0.0229. The van der Waals surface area contributed by atoms with Gasteiger partial charge in [0, 0.05) is 12.3 Å². The first kappa shape index (κ1) is 13.1. The maximum Gasteiger partial charge on any atom is 0.156 e. The Labute approximate surface area is 104 Å². The van der Waals surface area contributed by atoms with Crippen LogP contribution in [0.3, 0.4) is 0 Å². The fourth-order valence-corrected chi connectivity index (χ4v) is 5.58. The van der Waals surface area contributed by atoms with Crippen molar-refractivity contribution in [3.63, 3.8) is 0 Å². The van der Waals surface area contributed by atoms with Crippen molar-refractivity contribution in [1.82, 2.24) is 0 Å². The maximum absolute atomic E-state index is 12.0. The third kappa shape index (κ3) is 2.56. The van der Waals surface area contributed by atoms with Crippen molar-refractivity contribution in [3.8, 4) is 0 Å². The summed E-state index contributed by atoms with van der Waals surface area (Å²) in [5.74, 6) is 0.864. The number of Topliss-reactive ketones (excluding diaryl/α,β-unsaturated/α-hetero) is 1. The van der Waals surface area contributed by atoms with E-state index in [1.165, 1.54) is 0 Å². The summed E-state index contributed by atoms with van der Waals surface area (Å²) in [6.07, 6.45) is 4.30. The molecule has 2 bridgehead atoms. The largest absolute Gasteiger partial charge is 0.299 e. The van der Waals surface area contributed by atoms with Crippen LogP contribution in [0.25, 0.3) is 0 Å². The molecule has 0 saturated carbocycles. The summed E-state index contributed by atoms with van der Waals surface area (Å²) in [5, 5.41) is -0.427. The van der Waals surface area contributed by atoms with Crippen molar-refractivity contribution in [2.24, 2.45) is 11.8 Å². The molecular formula is C13H22O3S. The van der Waals surface area contributed by atoms with Crippen LogP contribution >= 0.6 is 0 Å². The van der Waals surface area contributed by atoms with Gasteiger partial charge in [0.2, 0.25) is 0 Å². The predicted octanol–water partition coefficient (Wildman–Crippen LogP) is 2.35. The first-order valence-electron chi connectivity index (χ1n) is 6.66. The van der Waals surface area contributed by atoms with Crippen LogP contribution < -0.4 is 0 Å². The Kier molecular flexibility index (Phi) is 3.62. The molecule has 17 heavy (non-hydrogen) atoms. The second kappa shape index (κ2) is 4.71. The number of carbonyl (C=O) groups is 1. The zero-order valence-corrected chi connectivity index (χ0v) is 11.5. The summed E-state index contributed by atoms with van der Waals surface area (Å²) in [5.41, 5.74) is 0. The zero-order valence-electron chi connectivity index (χ0n) is 10.7. The molecule has 0 aromatic carbocycles. The molecule has 2 fully saturated rings. The minimum Gasteiger partial charge on any atom is -0.299 e. The van der Waals surface area contributed by atoms with Gasteiger partial charge in [-0.1, -0.05) is 13.8 Å². The fourth-order valence-electron chi connectivity index (χ4n) is 3.11. The van der Waals surface area contributed by atoms with Crippen LogP contribution in [-0.4, -0.2) is 24.7 Å². The number of ketones is 1. The lowest BCUT2D eigenvalue weighted by Gasteiger charge is -2.27. The molecule has 98 valence electrons. The molecule has 4 heteroatoms. The number of fused-ring (bicyclic) bond motifs is 2. The van der Waals surface area contributed by atoms with E-state index in [-0.39, 0.29) is 16.4 Å². The topological polar surface area (TPSA) is 51.2 Å². The average Bonchev–Trinajstić information content (AvgIpc) is 2.46. The van der Waals surface area contributed by atoms with Gasteiger partial charge in [0.1, 0.15) is 5.78 Å². The number of carbonyl (C=O) groups excluding carboxylic acids is 1. The third-order valence-electron chi connectivity index (χ3n) is 4.26. The molecule has 2 unspecified atom stereocenters. The van der Waals surface area contributed by atoms with E-state index in [2.05, 4.69) is 13.8 Å². The van der Waals surface area contributed by atoms with Crippen molar-refractivity contribution in [3.05, 3.63) is 0 Å². The van der Waals surface area contributed by atoms with Crippen LogP contribution in [0.15, 0.2) is 0 Å². The standard InChI is InChI=1S/C13H22O3S/c1-9(2)3-6-13(14)10-7-11-4-5-12(8-10)17(11,15)16/h9-12H,3-8H2,1-2H3. The molecule has 0 radical (unpaired) electrons. The quantitative estimate of drug-likeness (QED) is 0.777. The first-order chi connectivity index (χ1) is 7.91. The molecule has 2 saturated heterocycles. The molecule has 0 amide bonds. The second-order valence-corrected chi connectivity index (χ2v) is 8.49. The lowest BCUT2D eigenvalue weighted by molar-refractivity contribution is -0.123. The van der Waals surface area contributed by atoms with Gasteiger partial charge in [-0.3, -0.25) is 4.79 Å². The Hall–Kier alpha value is -0.380. The van der Waals surface area contributed by atoms with Crippen LogP contribution in [-0.2, 0) is 14.6 Å². The Morgan fingerprint density at radius 1 is 1.18 bits per heavy atom. The zero-order chi connectivity index (χ0) is 12.6. The minimum atomic E-state index is -2.88. The number of hydrogen-bond acceptors (Lipinski definition) is 3. The molecule has 2 rings (SSSR count). The fraction of sp³-hybridized carbons (Fsp3) is 0.923. The number of hydrogen-bond donors (Lipinski definition) is 0. The molecule has 0 aromatic rings. The van der Waals surface area contributed by atoms with Gasteiger partial charge < -0.3 is 0 Å². The smallest absolute Gasteiger partial charge is 0.156 e. The lowest BCUT2D eigenvalue weighted by Crippen LogP contribution is -2.36. The monoisotopic (exact) mass is 258 g/mol. The molecule has 0 aliphatic carbocycles. The molecule has 2 atom stereocenters. The average molecular weight is 258 g/mol. The molecule has 0 N–H and O–H groups in total. The third-order valence-corrected chi connectivity index (χ3v) is 6.97. The van der Waals surface area contributed by atoms with Gasteiger partial charge in [0.25, 0.3) is 0 Å². The van der Waals surface area contributed by atoms with Gasteiger partial charge in [0.15, 0.2) is 9.84 Å². The van der Waals surface area contributed by atoms with Gasteiger partial charge in [-0.15, -0.1) is 0 Å². The van der Waals surface area contributed by atoms with Crippen molar-refractivity contribution in [1.29, 1.82) is 0 Å². The van der Waals surface area contributed by atoms with Crippen LogP contribution in [0, 0.1) is 11.8 Å². The van der Waals surface area contributed by atoms with Gasteiger partial charge >= 0.3 is 0 Å². The van der Waals surface area contributed by atoms with Gasteiger partial charge in [-0.05, 0) is 38.0 Å². The summed E-state index contributed by atoms with van der Waals surface area (Å²) in [4.78, 5) is 12.0. The summed E-state index contributed by atoms with van der Waals surface area (Å²) in [6, 6.07) is 0. The van der Waals surface area contributed by atoms with Gasteiger partial charge in [-0.2, -0.15) is 0 Å². The summed E-state index contributed by atoms with van der Waals surface area (Å²) >= 11 is 0. The normalized spacial score (nSPS) is 35.1. The van der Waals surface area contributed by atoms with E-state index in [4.69, 9.17) is 0 Å². The summed E-state index contributed by atoms with van der Waals surface area (Å²) < 4.78 is 23.8. The van der Waals surface area contributed by atoms with Crippen LogP contribution in [0.2, 0.25) is 0 Å². The second-order valence-electron chi connectivity index (χ2n) is 5.98. The highest BCUT2D eigenvalue weighted by Crippen LogP contribution is 2.41. The van der Waals surface area contributed by atoms with E-state index in [1.54, 1.807) is 0 Å². The first-order valence-corrected chi connectivity index (χ1v) is 8.27. The molecule has 0 aromatic heterocycles. The molecule has 3 nitrogen and oxygen atoms in total. The van der Waals surface area contributed by atoms with E-state index in [0.717, 1.165) is 19.3 Å². The molecule has 2 heterocycles. The Morgan fingerprint density at radius 2 is 1.71 bits per heavy atom. The van der Waals surface area contributed by atoms with Crippen LogP contribution in [0.4, 0.5) is 0 Å². The lowest BCUT2D eigenvalue weighted by atomic mass is 9.90. The Morgan fingerprint density at radius 3 is 2.18 bits per heavy atom.